The van der Waals surface area contributed by atoms with Crippen molar-refractivity contribution >= 4 is 17.1 Å². The van der Waals surface area contributed by atoms with Gasteiger partial charge in [-0.1, -0.05) is 31.2 Å². The molecule has 2 nitrogen and oxygen atoms in total. The molecule has 2 aromatic rings. The number of hydrogen-bond donors (Lipinski definition) is 0. The summed E-state index contributed by atoms with van der Waals surface area (Å²) in [6.45, 7) is 2.82. The number of aryl methyl sites for hydroxylation is 1. The number of rotatable bonds is 4. The van der Waals surface area contributed by atoms with Crippen LogP contribution in [0.3, 0.4) is 0 Å². The number of carbonyl (C=O) groups is 1. The van der Waals surface area contributed by atoms with Crippen LogP contribution in [0, 0.1) is 0 Å². The van der Waals surface area contributed by atoms with Crippen LogP contribution in [0.15, 0.2) is 36.4 Å². The van der Waals surface area contributed by atoms with Gasteiger partial charge >= 0.3 is 0 Å². The van der Waals surface area contributed by atoms with Gasteiger partial charge in [-0.2, -0.15) is 0 Å². The van der Waals surface area contributed by atoms with E-state index in [1.54, 1.807) is 11.3 Å². The molecule has 0 bridgehead atoms. The van der Waals surface area contributed by atoms with Gasteiger partial charge in [-0.15, -0.1) is 11.3 Å². The summed E-state index contributed by atoms with van der Waals surface area (Å²) >= 11 is 1.61. The van der Waals surface area contributed by atoms with E-state index in [0.717, 1.165) is 17.7 Å². The molecule has 2 heterocycles. The molecule has 0 N–H and O–H groups in total. The maximum atomic E-state index is 12.4. The van der Waals surface area contributed by atoms with E-state index in [2.05, 4.69) is 25.1 Å². The van der Waals surface area contributed by atoms with Gasteiger partial charge in [0.1, 0.15) is 0 Å². The highest BCUT2D eigenvalue weighted by Gasteiger charge is 2.24. The lowest BCUT2D eigenvalue weighted by Gasteiger charge is -2.25. The van der Waals surface area contributed by atoms with Gasteiger partial charge in [0, 0.05) is 11.3 Å². The Morgan fingerprint density at radius 2 is 2.15 bits per heavy atom. The molecule has 1 aliphatic rings. The normalized spacial score (nSPS) is 17.8. The molecule has 3 rings (SSSR count). The molecule has 0 saturated carbocycles. The third-order valence-corrected chi connectivity index (χ3v) is 5.02. The fourth-order valence-corrected chi connectivity index (χ4v) is 3.53. The second-order valence-corrected chi connectivity index (χ2v) is 6.22. The van der Waals surface area contributed by atoms with E-state index >= 15 is 0 Å². The maximum Gasteiger partial charge on any atom is 0.175 e. The third-order valence-electron chi connectivity index (χ3n) is 3.75. The largest absolute Gasteiger partial charge is 0.373 e. The Hall–Kier alpha value is -1.45. The Bertz CT molecular complexity index is 615. The Morgan fingerprint density at radius 1 is 1.30 bits per heavy atom. The molecule has 20 heavy (non-hydrogen) atoms. The fraction of sp³-hybridized carbons (Fsp3) is 0.353. The molecule has 1 aromatic carbocycles. The molecule has 0 saturated heterocycles. The van der Waals surface area contributed by atoms with Gasteiger partial charge in [0.15, 0.2) is 5.78 Å². The van der Waals surface area contributed by atoms with Gasteiger partial charge in [-0.25, -0.2) is 0 Å². The minimum atomic E-state index is -0.0837. The SMILES string of the molecule is CCc1ccc(C(=O)CC2OCCc3ccccc32)s1. The van der Waals surface area contributed by atoms with Crippen molar-refractivity contribution in [1.82, 2.24) is 0 Å². The van der Waals surface area contributed by atoms with Gasteiger partial charge in [0.05, 0.1) is 17.6 Å². The van der Waals surface area contributed by atoms with E-state index in [1.165, 1.54) is 16.0 Å². The van der Waals surface area contributed by atoms with Crippen LogP contribution in [-0.2, 0) is 17.6 Å². The molecule has 1 aliphatic heterocycles. The fourth-order valence-electron chi connectivity index (χ4n) is 2.63. The molecule has 0 radical (unpaired) electrons. The van der Waals surface area contributed by atoms with E-state index in [-0.39, 0.29) is 11.9 Å². The number of fused-ring (bicyclic) bond motifs is 1. The molecule has 3 heteroatoms. The van der Waals surface area contributed by atoms with Crippen molar-refractivity contribution in [1.29, 1.82) is 0 Å². The zero-order valence-electron chi connectivity index (χ0n) is 11.6. The number of Topliss-reactive ketones (excluding diaryl/α,β-unsaturated/α-hetero) is 1. The van der Waals surface area contributed by atoms with Crippen molar-refractivity contribution in [2.24, 2.45) is 0 Å². The molecule has 0 spiro atoms. The molecule has 1 aromatic heterocycles. The van der Waals surface area contributed by atoms with Gasteiger partial charge < -0.3 is 4.74 Å². The van der Waals surface area contributed by atoms with E-state index in [1.807, 2.05) is 18.2 Å². The third kappa shape index (κ3) is 2.69. The number of ketones is 1. The highest BCUT2D eigenvalue weighted by atomic mass is 32.1. The van der Waals surface area contributed by atoms with Crippen LogP contribution < -0.4 is 0 Å². The van der Waals surface area contributed by atoms with Crippen molar-refractivity contribution in [3.63, 3.8) is 0 Å². The number of carbonyl (C=O) groups excluding carboxylic acids is 1. The smallest absolute Gasteiger partial charge is 0.175 e. The molecule has 1 unspecified atom stereocenters. The van der Waals surface area contributed by atoms with E-state index in [9.17, 15) is 4.79 Å². The zero-order chi connectivity index (χ0) is 13.9. The number of hydrogen-bond acceptors (Lipinski definition) is 3. The highest BCUT2D eigenvalue weighted by Crippen LogP contribution is 2.31. The predicted octanol–water partition coefficient (Wildman–Crippen LogP) is 4.20. The first kappa shape index (κ1) is 13.5. The predicted molar refractivity (Wildman–Crippen MR) is 81.5 cm³/mol. The van der Waals surface area contributed by atoms with Crippen molar-refractivity contribution in [2.45, 2.75) is 32.3 Å². The summed E-state index contributed by atoms with van der Waals surface area (Å²) in [6, 6.07) is 12.3. The average molecular weight is 286 g/mol. The molecule has 0 aliphatic carbocycles. The van der Waals surface area contributed by atoms with Crippen molar-refractivity contribution in [2.75, 3.05) is 6.61 Å². The van der Waals surface area contributed by atoms with Crippen molar-refractivity contribution in [3.8, 4) is 0 Å². The van der Waals surface area contributed by atoms with E-state index in [0.29, 0.717) is 13.0 Å². The molecule has 1 atom stereocenters. The molecular formula is C17H18O2S. The molecule has 0 amide bonds. The van der Waals surface area contributed by atoms with Crippen molar-refractivity contribution in [3.05, 3.63) is 57.3 Å². The Kier molecular flexibility index (Phi) is 3.99. The molecule has 0 fully saturated rings. The standard InChI is InChI=1S/C17H18O2S/c1-2-13-7-8-17(20-13)15(18)11-16-14-6-4-3-5-12(14)9-10-19-16/h3-8,16H,2,9-11H2,1H3. The van der Waals surface area contributed by atoms with Crippen LogP contribution in [-0.4, -0.2) is 12.4 Å². The van der Waals surface area contributed by atoms with Gasteiger partial charge in [0.2, 0.25) is 0 Å². The summed E-state index contributed by atoms with van der Waals surface area (Å²) in [7, 11) is 0. The second-order valence-electron chi connectivity index (χ2n) is 5.06. The first-order valence-electron chi connectivity index (χ1n) is 7.09. The van der Waals surface area contributed by atoms with Gasteiger partial charge in [-0.3, -0.25) is 4.79 Å². The van der Waals surface area contributed by atoms with Crippen LogP contribution in [0.2, 0.25) is 0 Å². The summed E-state index contributed by atoms with van der Waals surface area (Å²) in [5, 5.41) is 0. The Balaban J connectivity index is 1.77. The lowest BCUT2D eigenvalue weighted by molar-refractivity contribution is 0.0353. The Morgan fingerprint density at radius 3 is 2.95 bits per heavy atom. The molecular weight excluding hydrogens is 268 g/mol. The summed E-state index contributed by atoms with van der Waals surface area (Å²) < 4.78 is 5.81. The maximum absolute atomic E-state index is 12.4. The minimum Gasteiger partial charge on any atom is -0.373 e. The van der Waals surface area contributed by atoms with Crippen LogP contribution in [0.1, 0.15) is 45.1 Å². The van der Waals surface area contributed by atoms with Crippen LogP contribution >= 0.6 is 11.3 Å². The summed E-state index contributed by atoms with van der Waals surface area (Å²) in [5.74, 6) is 0.191. The first-order chi connectivity index (χ1) is 9.78. The minimum absolute atomic E-state index is 0.0837. The topological polar surface area (TPSA) is 26.3 Å². The van der Waals surface area contributed by atoms with E-state index < -0.39 is 0 Å². The highest BCUT2D eigenvalue weighted by molar-refractivity contribution is 7.14. The number of benzene rings is 1. The van der Waals surface area contributed by atoms with Gasteiger partial charge in [-0.05, 0) is 36.1 Å². The van der Waals surface area contributed by atoms with Crippen molar-refractivity contribution < 1.29 is 9.53 Å². The van der Waals surface area contributed by atoms with Gasteiger partial charge in [0.25, 0.3) is 0 Å². The summed E-state index contributed by atoms with van der Waals surface area (Å²) in [6.07, 6.45) is 2.29. The average Bonchev–Trinajstić information content (AvgIpc) is 2.97. The lowest BCUT2D eigenvalue weighted by Crippen LogP contribution is -2.18. The summed E-state index contributed by atoms with van der Waals surface area (Å²) in [4.78, 5) is 14.5. The van der Waals surface area contributed by atoms with E-state index in [4.69, 9.17) is 4.74 Å². The summed E-state index contributed by atoms with van der Waals surface area (Å²) in [5.41, 5.74) is 2.50. The zero-order valence-corrected chi connectivity index (χ0v) is 12.4. The molecule has 104 valence electrons. The number of ether oxygens (including phenoxy) is 1. The quantitative estimate of drug-likeness (QED) is 0.787. The lowest BCUT2D eigenvalue weighted by atomic mass is 9.94. The Labute approximate surface area is 123 Å². The monoisotopic (exact) mass is 286 g/mol. The number of thiophene rings is 1. The van der Waals surface area contributed by atoms with Crippen LogP contribution in [0.4, 0.5) is 0 Å². The van der Waals surface area contributed by atoms with Crippen LogP contribution in [0.5, 0.6) is 0 Å². The first-order valence-corrected chi connectivity index (χ1v) is 7.91. The van der Waals surface area contributed by atoms with Crippen LogP contribution in [0.25, 0.3) is 0 Å². The second kappa shape index (κ2) is 5.90.